The average molecular weight is 373 g/mol. The van der Waals surface area contributed by atoms with E-state index in [1.165, 1.54) is 89.9 Å². The molecule has 0 aromatic rings. The van der Waals surface area contributed by atoms with Crippen LogP contribution in [-0.4, -0.2) is 28.7 Å². The minimum Gasteiger partial charge on any atom is -0.388 e. The fourth-order valence-corrected chi connectivity index (χ4v) is 3.40. The van der Waals surface area contributed by atoms with Gasteiger partial charge < -0.3 is 14.9 Å². The van der Waals surface area contributed by atoms with Crippen molar-refractivity contribution in [3.05, 3.63) is 0 Å². The fourth-order valence-electron chi connectivity index (χ4n) is 3.40. The maximum atomic E-state index is 9.94. The molecule has 0 saturated carbocycles. The van der Waals surface area contributed by atoms with E-state index in [-0.39, 0.29) is 0 Å². The summed E-state index contributed by atoms with van der Waals surface area (Å²) >= 11 is 0. The second-order valence-electron chi connectivity index (χ2n) is 8.13. The highest BCUT2D eigenvalue weighted by Crippen LogP contribution is 2.16. The van der Waals surface area contributed by atoms with Crippen LogP contribution in [0.1, 0.15) is 130 Å². The predicted molar refractivity (Wildman–Crippen MR) is 112 cm³/mol. The van der Waals surface area contributed by atoms with Crippen molar-refractivity contribution >= 4 is 0 Å². The highest BCUT2D eigenvalue weighted by atomic mass is 16.6. The zero-order chi connectivity index (χ0) is 19.5. The van der Waals surface area contributed by atoms with Crippen LogP contribution >= 0.6 is 0 Å². The minimum absolute atomic E-state index is 0.506. The molecule has 158 valence electrons. The average Bonchev–Trinajstić information content (AvgIpc) is 2.63. The Labute approximate surface area is 163 Å². The number of unbranched alkanes of at least 4 members (excludes halogenated alkanes) is 15. The summed E-state index contributed by atoms with van der Waals surface area (Å²) in [5.41, 5.74) is 0. The van der Waals surface area contributed by atoms with E-state index >= 15 is 0 Å². The topological polar surface area (TPSA) is 49.7 Å². The molecule has 3 heteroatoms. The number of aliphatic hydroxyl groups excluding tert-OH is 1. The normalized spacial score (nSPS) is 15.1. The van der Waals surface area contributed by atoms with Crippen molar-refractivity contribution in [2.45, 2.75) is 142 Å². The van der Waals surface area contributed by atoms with E-state index < -0.39 is 11.9 Å². The molecule has 0 aliphatic rings. The first-order valence-corrected chi connectivity index (χ1v) is 11.6. The first-order chi connectivity index (χ1) is 12.5. The van der Waals surface area contributed by atoms with Gasteiger partial charge in [0.15, 0.2) is 5.79 Å². The molecule has 0 fully saturated rings. The van der Waals surface area contributed by atoms with Crippen LogP contribution in [0, 0.1) is 0 Å². The lowest BCUT2D eigenvalue weighted by Gasteiger charge is -2.28. The highest BCUT2D eigenvalue weighted by molar-refractivity contribution is 4.70. The van der Waals surface area contributed by atoms with E-state index in [4.69, 9.17) is 4.74 Å². The molecule has 0 saturated heterocycles. The summed E-state index contributed by atoms with van der Waals surface area (Å²) in [5, 5.41) is 19.6. The zero-order valence-electron chi connectivity index (χ0n) is 18.1. The Hall–Kier alpha value is -0.120. The molecule has 2 atom stereocenters. The summed E-state index contributed by atoms with van der Waals surface area (Å²) in [5.74, 6) is -1.40. The Kier molecular flexibility index (Phi) is 18.2. The third kappa shape index (κ3) is 16.1. The smallest absolute Gasteiger partial charge is 0.188 e. The van der Waals surface area contributed by atoms with Crippen LogP contribution in [0.3, 0.4) is 0 Å². The van der Waals surface area contributed by atoms with Crippen LogP contribution in [0.15, 0.2) is 0 Å². The molecule has 0 aliphatic heterocycles. The highest BCUT2D eigenvalue weighted by Gasteiger charge is 2.29. The van der Waals surface area contributed by atoms with E-state index in [1.54, 1.807) is 6.92 Å². The summed E-state index contributed by atoms with van der Waals surface area (Å²) < 4.78 is 5.41. The number of hydrogen-bond donors (Lipinski definition) is 2. The molecule has 0 radical (unpaired) electrons. The maximum Gasteiger partial charge on any atom is 0.188 e. The molecule has 0 rings (SSSR count). The quantitative estimate of drug-likeness (QED) is 0.184. The summed E-state index contributed by atoms with van der Waals surface area (Å²) in [6.07, 6.45) is 21.3. The van der Waals surface area contributed by atoms with E-state index in [9.17, 15) is 10.2 Å². The summed E-state index contributed by atoms with van der Waals surface area (Å²) in [6, 6.07) is 0. The first-order valence-electron chi connectivity index (χ1n) is 11.6. The Morgan fingerprint density at radius 3 is 1.35 bits per heavy atom. The molecule has 2 unspecified atom stereocenters. The summed E-state index contributed by atoms with van der Waals surface area (Å²) in [7, 11) is 0. The Bertz CT molecular complexity index is 279. The molecular weight excluding hydrogens is 324 g/mol. The van der Waals surface area contributed by atoms with E-state index in [0.29, 0.717) is 13.0 Å². The van der Waals surface area contributed by atoms with Gasteiger partial charge in [0.2, 0.25) is 0 Å². The lowest BCUT2D eigenvalue weighted by Crippen LogP contribution is -2.41. The van der Waals surface area contributed by atoms with Crippen LogP contribution in [0.4, 0.5) is 0 Å². The Balaban J connectivity index is 3.18. The molecular formula is C23H48O3. The van der Waals surface area contributed by atoms with Crippen molar-refractivity contribution < 1.29 is 14.9 Å². The molecule has 0 spiro atoms. The Morgan fingerprint density at radius 1 is 0.654 bits per heavy atom. The molecule has 26 heavy (non-hydrogen) atoms. The molecule has 0 amide bonds. The van der Waals surface area contributed by atoms with Gasteiger partial charge in [0.05, 0.1) is 6.61 Å². The van der Waals surface area contributed by atoms with E-state index in [2.05, 4.69) is 6.92 Å². The number of ether oxygens (including phenoxy) is 1. The van der Waals surface area contributed by atoms with Crippen LogP contribution in [0.5, 0.6) is 0 Å². The number of rotatable bonds is 20. The van der Waals surface area contributed by atoms with Crippen molar-refractivity contribution in [1.82, 2.24) is 0 Å². The van der Waals surface area contributed by atoms with Crippen molar-refractivity contribution in [2.24, 2.45) is 0 Å². The van der Waals surface area contributed by atoms with Gasteiger partial charge >= 0.3 is 0 Å². The van der Waals surface area contributed by atoms with Gasteiger partial charge in [-0.2, -0.15) is 0 Å². The molecule has 3 nitrogen and oxygen atoms in total. The lowest BCUT2D eigenvalue weighted by molar-refractivity contribution is -0.245. The molecule has 0 aliphatic carbocycles. The van der Waals surface area contributed by atoms with Crippen LogP contribution in [0.2, 0.25) is 0 Å². The van der Waals surface area contributed by atoms with Crippen molar-refractivity contribution in [2.75, 3.05) is 6.61 Å². The first kappa shape index (κ1) is 25.9. The second-order valence-corrected chi connectivity index (χ2v) is 8.13. The van der Waals surface area contributed by atoms with Gasteiger partial charge in [-0.1, -0.05) is 110 Å². The third-order valence-electron chi connectivity index (χ3n) is 5.40. The summed E-state index contributed by atoms with van der Waals surface area (Å²) in [4.78, 5) is 0. The van der Waals surface area contributed by atoms with Gasteiger partial charge in [0.1, 0.15) is 6.10 Å². The Morgan fingerprint density at radius 2 is 1.00 bits per heavy atom. The zero-order valence-corrected chi connectivity index (χ0v) is 18.1. The standard InChI is InChI=1S/C23H48O3/c1-4-6-7-8-9-10-11-12-13-14-15-16-17-18-19-20-21-26-23(3,25)22(24)5-2/h22,24-25H,4-21H2,1-3H3. The third-order valence-corrected chi connectivity index (χ3v) is 5.40. The second kappa shape index (κ2) is 18.3. The molecule has 0 bridgehead atoms. The SMILES string of the molecule is CCCCCCCCCCCCCCCCCCOC(C)(O)C(O)CC. The van der Waals surface area contributed by atoms with E-state index in [0.717, 1.165) is 12.8 Å². The fraction of sp³-hybridized carbons (Fsp3) is 1.00. The lowest BCUT2D eigenvalue weighted by atomic mass is 10.0. The van der Waals surface area contributed by atoms with Gasteiger partial charge in [-0.15, -0.1) is 0 Å². The van der Waals surface area contributed by atoms with Crippen molar-refractivity contribution in [1.29, 1.82) is 0 Å². The van der Waals surface area contributed by atoms with Gasteiger partial charge in [0.25, 0.3) is 0 Å². The monoisotopic (exact) mass is 372 g/mol. The molecule has 2 N–H and O–H groups in total. The van der Waals surface area contributed by atoms with Crippen LogP contribution < -0.4 is 0 Å². The van der Waals surface area contributed by atoms with Crippen LogP contribution in [-0.2, 0) is 4.74 Å². The minimum atomic E-state index is -1.40. The number of hydrogen-bond acceptors (Lipinski definition) is 3. The largest absolute Gasteiger partial charge is 0.388 e. The molecule has 0 aromatic carbocycles. The molecule has 0 aromatic heterocycles. The predicted octanol–water partition coefficient (Wildman–Crippen LogP) is 6.74. The number of aliphatic hydroxyl groups is 2. The maximum absolute atomic E-state index is 9.94. The van der Waals surface area contributed by atoms with Crippen molar-refractivity contribution in [3.8, 4) is 0 Å². The van der Waals surface area contributed by atoms with Gasteiger partial charge in [0, 0.05) is 0 Å². The van der Waals surface area contributed by atoms with Gasteiger partial charge in [-0.3, -0.25) is 0 Å². The van der Waals surface area contributed by atoms with Gasteiger partial charge in [-0.25, -0.2) is 0 Å². The molecule has 0 heterocycles. The summed E-state index contributed by atoms with van der Waals surface area (Å²) in [6.45, 7) is 6.20. The van der Waals surface area contributed by atoms with E-state index in [1.807, 2.05) is 6.92 Å². The van der Waals surface area contributed by atoms with Crippen LogP contribution in [0.25, 0.3) is 0 Å². The van der Waals surface area contributed by atoms with Crippen molar-refractivity contribution in [3.63, 3.8) is 0 Å². The van der Waals surface area contributed by atoms with Gasteiger partial charge in [-0.05, 0) is 19.8 Å².